The van der Waals surface area contributed by atoms with Gasteiger partial charge in [0.15, 0.2) is 32.4 Å². The lowest BCUT2D eigenvalue weighted by Crippen LogP contribution is -2.55. The summed E-state index contributed by atoms with van der Waals surface area (Å²) in [5.41, 5.74) is 8.67. The second-order valence-corrected chi connectivity index (χ2v) is 25.7. The summed E-state index contributed by atoms with van der Waals surface area (Å²) in [7, 11) is -2.16. The van der Waals surface area contributed by atoms with Gasteiger partial charge < -0.3 is 24.5 Å². The normalized spacial score (nSPS) is 17.4. The van der Waals surface area contributed by atoms with Crippen molar-refractivity contribution >= 4 is 143 Å². The Labute approximate surface area is 538 Å². The van der Waals surface area contributed by atoms with Crippen LogP contribution in [0.15, 0.2) is 127 Å². The number of aliphatic carboxylic acids is 1. The van der Waals surface area contributed by atoms with Gasteiger partial charge in [0.2, 0.25) is 0 Å². The molecule has 0 aromatic heterocycles. The molecule has 0 unspecified atom stereocenters. The highest BCUT2D eigenvalue weighted by molar-refractivity contribution is 7.86. The summed E-state index contributed by atoms with van der Waals surface area (Å²) in [6, 6.07) is 37.8. The summed E-state index contributed by atoms with van der Waals surface area (Å²) in [5.74, 6) is -1.30. The molecule has 6 aromatic rings. The lowest BCUT2D eigenvalue weighted by atomic mass is 9.75. The number of carboxylic acid groups (broad SMARTS) is 1. The molecule has 0 atom stereocenters. The lowest BCUT2D eigenvalue weighted by molar-refractivity contribution is -0.140. The van der Waals surface area contributed by atoms with Crippen molar-refractivity contribution in [3.8, 4) is 0 Å². The van der Waals surface area contributed by atoms with Gasteiger partial charge in [0.05, 0.1) is 52.5 Å². The van der Waals surface area contributed by atoms with Crippen LogP contribution in [-0.2, 0) is 62.5 Å². The lowest BCUT2D eigenvalue weighted by Gasteiger charge is -2.43. The van der Waals surface area contributed by atoms with E-state index in [4.69, 9.17) is 70.4 Å². The first-order chi connectivity index (χ1) is 42.9. The molecule has 3 amide bonds. The fourth-order valence-electron chi connectivity index (χ4n) is 12.2. The molecule has 3 aliphatic carbocycles. The van der Waals surface area contributed by atoms with Gasteiger partial charge in [-0.2, -0.15) is 8.42 Å². The molecule has 6 aliphatic rings. The molecular formula is C67H61N9O10S4. The van der Waals surface area contributed by atoms with Gasteiger partial charge in [-0.25, -0.2) is 14.5 Å². The van der Waals surface area contributed by atoms with Crippen LogP contribution in [0.5, 0.6) is 0 Å². The number of hydrogen-bond donors (Lipinski definition) is 1. The number of rotatable bonds is 13. The minimum absolute atomic E-state index is 0.0210. The van der Waals surface area contributed by atoms with E-state index in [0.29, 0.717) is 73.4 Å². The van der Waals surface area contributed by atoms with E-state index in [2.05, 4.69) is 14.5 Å². The van der Waals surface area contributed by atoms with Crippen molar-refractivity contribution < 1.29 is 46.4 Å². The first-order valence-electron chi connectivity index (χ1n) is 28.8. The van der Waals surface area contributed by atoms with E-state index in [9.17, 15) is 32.4 Å². The van der Waals surface area contributed by atoms with Crippen molar-refractivity contribution in [2.45, 2.75) is 115 Å². The third kappa shape index (κ3) is 11.7. The second-order valence-electron chi connectivity index (χ2n) is 23.0. The molecule has 23 heteroatoms. The molecule has 12 rings (SSSR count). The molecule has 3 saturated carbocycles. The molecule has 19 nitrogen and oxygen atoms in total. The number of methoxy groups -OCH3 is 1. The Balaban J connectivity index is 0.000000149. The summed E-state index contributed by atoms with van der Waals surface area (Å²) in [6.45, 7) is 27.2. The molecule has 6 aromatic carbocycles. The van der Waals surface area contributed by atoms with Crippen molar-refractivity contribution in [2.24, 2.45) is 0 Å². The molecule has 6 fully saturated rings. The van der Waals surface area contributed by atoms with E-state index in [1.807, 2.05) is 102 Å². The molecule has 90 heavy (non-hydrogen) atoms. The van der Waals surface area contributed by atoms with Gasteiger partial charge >= 0.3 is 11.9 Å². The minimum Gasteiger partial charge on any atom is -0.481 e. The number of carboxylic acids is 1. The maximum Gasteiger partial charge on any atom is 0.309 e. The predicted molar refractivity (Wildman–Crippen MR) is 356 cm³/mol. The number of ether oxygens (including phenoxy) is 1. The van der Waals surface area contributed by atoms with E-state index in [-0.39, 0.29) is 43.1 Å². The second kappa shape index (κ2) is 25.3. The molecule has 3 spiro atoms. The van der Waals surface area contributed by atoms with E-state index in [1.165, 1.54) is 7.11 Å². The number of thiocarbonyl (C=S) groups is 3. The number of nitrogens with zero attached hydrogens (tertiary/aromatic N) is 9. The minimum atomic E-state index is -3.53. The number of benzene rings is 6. The van der Waals surface area contributed by atoms with Gasteiger partial charge in [0.1, 0.15) is 16.6 Å². The summed E-state index contributed by atoms with van der Waals surface area (Å²) in [5, 5.41) is 10.2. The van der Waals surface area contributed by atoms with Crippen LogP contribution >= 0.6 is 36.7 Å². The number of carbonyl (C=O) groups is 5. The van der Waals surface area contributed by atoms with Crippen molar-refractivity contribution in [1.29, 1.82) is 0 Å². The Hall–Kier alpha value is -9.28. The maximum absolute atomic E-state index is 13.5. The summed E-state index contributed by atoms with van der Waals surface area (Å²) in [6.07, 6.45) is 8.36. The van der Waals surface area contributed by atoms with Gasteiger partial charge in [-0.15, -0.1) is 0 Å². The zero-order valence-corrected chi connectivity index (χ0v) is 53.2. The number of anilines is 6. The largest absolute Gasteiger partial charge is 0.481 e. The third-order valence-corrected chi connectivity index (χ3v) is 19.1. The molecule has 458 valence electrons. The number of esters is 1. The van der Waals surface area contributed by atoms with Crippen LogP contribution in [0.3, 0.4) is 0 Å². The first-order valence-corrected chi connectivity index (χ1v) is 31.9. The summed E-state index contributed by atoms with van der Waals surface area (Å²) >= 11 is 17.3. The first kappa shape index (κ1) is 63.7. The van der Waals surface area contributed by atoms with Crippen molar-refractivity contribution in [2.75, 3.05) is 42.8 Å². The van der Waals surface area contributed by atoms with Crippen LogP contribution in [-0.4, -0.2) is 88.5 Å². The van der Waals surface area contributed by atoms with Crippen LogP contribution in [0.25, 0.3) is 14.5 Å². The average Bonchev–Trinajstić information content (AvgIpc) is 1.57. The van der Waals surface area contributed by atoms with Crippen LogP contribution < -0.4 is 29.4 Å². The Morgan fingerprint density at radius 3 is 1.03 bits per heavy atom. The summed E-state index contributed by atoms with van der Waals surface area (Å²) in [4.78, 5) is 83.9. The summed E-state index contributed by atoms with van der Waals surface area (Å²) < 4.78 is 32.0. The quantitative estimate of drug-likeness (QED) is 0.0497. The molecule has 3 heterocycles. The molecule has 0 bridgehead atoms. The van der Waals surface area contributed by atoms with Crippen LogP contribution in [0.2, 0.25) is 0 Å². The highest BCUT2D eigenvalue weighted by Crippen LogP contribution is 2.51. The smallest absolute Gasteiger partial charge is 0.309 e. The highest BCUT2D eigenvalue weighted by Gasteiger charge is 2.62. The molecule has 0 radical (unpaired) electrons. The average molecular weight is 1280 g/mol. The maximum atomic E-state index is 13.5. The third-order valence-electron chi connectivity index (χ3n) is 17.4. The molecule has 3 saturated heterocycles. The van der Waals surface area contributed by atoms with Crippen LogP contribution in [0, 0.1) is 40.5 Å². The monoisotopic (exact) mass is 1280 g/mol. The fourth-order valence-corrected chi connectivity index (χ4v) is 13.9. The van der Waals surface area contributed by atoms with Gasteiger partial charge in [-0.3, -0.25) is 42.9 Å². The van der Waals surface area contributed by atoms with Gasteiger partial charge in [0, 0.05) is 34.1 Å². The topological polar surface area (TPSA) is 191 Å². The Morgan fingerprint density at radius 2 is 0.789 bits per heavy atom. The molecule has 1 N–H and O–H groups in total. The Bertz CT molecular complexity index is 4220. The standard InChI is InChI=1S/C23H21N3O3S.C22H21N3O4S2.C22H19N3O3S/c1-15-13-18(9-10-19(15)24-2)25-21(28)23(11-4-12-23)26(22(25)30)17-7-5-16(6-8-17)14-20(27)29-3;1-15-13-18(9-10-19(15)23-2)24-20(26)22(11-4-12-22)25(21(24)30)17-7-5-16(6-8-17)14-29-31(3,27)28;1-14-12-17(8-9-18(14)23-2)24-20(28)22(10-3-11-22)25(21(24)29)16-6-4-15(5-7-16)13-19(26)27/h5-10,13H,4,11-12,14H2,1,3H3;5-10,13H,4,11-12,14H2,1,3H3;4-9,12H,3,10-11,13H2,1H3,(H,26,27). The number of carbonyl (C=O) groups excluding carboxylic acids is 4. The van der Waals surface area contributed by atoms with Crippen molar-refractivity contribution in [1.82, 2.24) is 0 Å². The Kier molecular flexibility index (Phi) is 17.9. The van der Waals surface area contributed by atoms with E-state index < -0.39 is 32.7 Å². The van der Waals surface area contributed by atoms with E-state index >= 15 is 0 Å². The van der Waals surface area contributed by atoms with E-state index in [1.54, 1.807) is 75.4 Å². The molecule has 3 aliphatic heterocycles. The van der Waals surface area contributed by atoms with Gasteiger partial charge in [-0.1, -0.05) is 54.6 Å². The predicted octanol–water partition coefficient (Wildman–Crippen LogP) is 12.6. The zero-order valence-electron chi connectivity index (χ0n) is 49.9. The highest BCUT2D eigenvalue weighted by atomic mass is 32.2. The number of amides is 3. The zero-order chi connectivity index (χ0) is 64.6. The van der Waals surface area contributed by atoms with Gasteiger partial charge in [0.25, 0.3) is 27.8 Å². The molecular weight excluding hydrogens is 1220 g/mol. The van der Waals surface area contributed by atoms with Crippen LogP contribution in [0.1, 0.15) is 91.2 Å². The Morgan fingerprint density at radius 1 is 0.500 bits per heavy atom. The number of hydrogen-bond acceptors (Lipinski definition) is 12. The van der Waals surface area contributed by atoms with Crippen molar-refractivity contribution in [3.05, 3.63) is 195 Å². The van der Waals surface area contributed by atoms with E-state index in [0.717, 1.165) is 90.5 Å². The van der Waals surface area contributed by atoms with Gasteiger partial charge in [-0.05, 0) is 221 Å². The van der Waals surface area contributed by atoms with Crippen LogP contribution in [0.4, 0.5) is 51.2 Å². The fraction of sp³-hybridized carbons (Fsp3) is 0.299. The number of aryl methyl sites for hydroxylation is 3. The van der Waals surface area contributed by atoms with Crippen molar-refractivity contribution in [3.63, 3.8) is 0 Å². The SMILES string of the molecule is [C-]#[N+]c1ccc(N2C(=O)C3(CCC3)N(c3ccc(CC(=O)O)cc3)C2=S)cc1C.[C-]#[N+]c1ccc(N2C(=O)C3(CCC3)N(c3ccc(CC(=O)OC)cc3)C2=S)cc1C.[C-]#[N+]c1ccc(N2C(=O)C3(CCC3)N(c3ccc(COS(C)(=O)=O)cc3)C2=S)cc1C.